The highest BCUT2D eigenvalue weighted by Gasteiger charge is 2.30. The van der Waals surface area contributed by atoms with E-state index in [1.54, 1.807) is 18.2 Å². The Morgan fingerprint density at radius 3 is 2.77 bits per heavy atom. The van der Waals surface area contributed by atoms with Crippen LogP contribution in [0.2, 0.25) is 5.02 Å². The third-order valence-electron chi connectivity index (χ3n) is 3.02. The summed E-state index contributed by atoms with van der Waals surface area (Å²) in [6.45, 7) is -0.160. The summed E-state index contributed by atoms with van der Waals surface area (Å²) in [5.41, 5.74) is 11.7. The standard InChI is InChI=1S/C13H12ClN5O3/c14-7-1-2-8-6(3-7)4-9(22-8)11(20)21-5-10-17-12(15)19-13(16)18-10/h1-3,9H,4-5H2,(H4,15,16,17,18,19). The third kappa shape index (κ3) is 3.01. The summed E-state index contributed by atoms with van der Waals surface area (Å²) in [4.78, 5) is 23.3. The van der Waals surface area contributed by atoms with Crippen LogP contribution in [0.15, 0.2) is 18.2 Å². The number of hydrogen-bond donors (Lipinski definition) is 2. The first-order valence-corrected chi connectivity index (χ1v) is 6.76. The second kappa shape index (κ2) is 5.64. The van der Waals surface area contributed by atoms with Gasteiger partial charge >= 0.3 is 5.97 Å². The number of nitrogens with two attached hydrogens (primary N) is 2. The van der Waals surface area contributed by atoms with Crippen molar-refractivity contribution in [1.82, 2.24) is 15.0 Å². The molecular weight excluding hydrogens is 310 g/mol. The Morgan fingerprint density at radius 1 is 1.32 bits per heavy atom. The first-order valence-electron chi connectivity index (χ1n) is 6.39. The van der Waals surface area contributed by atoms with Gasteiger partial charge in [0.25, 0.3) is 0 Å². The molecule has 3 rings (SSSR count). The smallest absolute Gasteiger partial charge is 0.348 e. The van der Waals surface area contributed by atoms with Crippen molar-refractivity contribution in [3.05, 3.63) is 34.6 Å². The van der Waals surface area contributed by atoms with Crippen LogP contribution in [-0.4, -0.2) is 27.0 Å². The fourth-order valence-corrected chi connectivity index (χ4v) is 2.29. The fraction of sp³-hybridized carbons (Fsp3) is 0.231. The Morgan fingerprint density at radius 2 is 2.05 bits per heavy atom. The van der Waals surface area contributed by atoms with Gasteiger partial charge in [0.1, 0.15) is 5.75 Å². The number of halogens is 1. The van der Waals surface area contributed by atoms with Crippen molar-refractivity contribution in [3.8, 4) is 5.75 Å². The van der Waals surface area contributed by atoms with E-state index in [1.807, 2.05) is 0 Å². The molecule has 0 spiro atoms. The van der Waals surface area contributed by atoms with Gasteiger partial charge < -0.3 is 20.9 Å². The van der Waals surface area contributed by atoms with Gasteiger partial charge in [0, 0.05) is 11.4 Å². The molecule has 1 aromatic carbocycles. The zero-order valence-corrected chi connectivity index (χ0v) is 12.1. The SMILES string of the molecule is Nc1nc(N)nc(COC(=O)C2Cc3cc(Cl)ccc3O2)n1. The normalized spacial score (nSPS) is 16.0. The van der Waals surface area contributed by atoms with Gasteiger partial charge in [-0.1, -0.05) is 11.6 Å². The minimum absolute atomic E-state index is 0.0299. The number of carbonyl (C=O) groups excluding carboxylic acids is 1. The molecule has 0 aliphatic carbocycles. The molecule has 0 radical (unpaired) electrons. The van der Waals surface area contributed by atoms with Gasteiger partial charge in [-0.25, -0.2) is 4.79 Å². The van der Waals surface area contributed by atoms with E-state index in [0.29, 0.717) is 17.2 Å². The summed E-state index contributed by atoms with van der Waals surface area (Å²) >= 11 is 5.90. The van der Waals surface area contributed by atoms with Crippen LogP contribution in [0.4, 0.5) is 11.9 Å². The summed E-state index contributed by atoms with van der Waals surface area (Å²) < 4.78 is 10.6. The highest BCUT2D eigenvalue weighted by atomic mass is 35.5. The van der Waals surface area contributed by atoms with Crippen LogP contribution >= 0.6 is 11.6 Å². The number of aromatic nitrogens is 3. The van der Waals surface area contributed by atoms with Crippen molar-refractivity contribution < 1.29 is 14.3 Å². The number of benzene rings is 1. The van der Waals surface area contributed by atoms with Crippen molar-refractivity contribution in [2.75, 3.05) is 11.5 Å². The monoisotopic (exact) mass is 321 g/mol. The van der Waals surface area contributed by atoms with E-state index in [2.05, 4.69) is 15.0 Å². The van der Waals surface area contributed by atoms with Crippen LogP contribution in [0.1, 0.15) is 11.4 Å². The number of nitrogen functional groups attached to an aromatic ring is 2. The van der Waals surface area contributed by atoms with E-state index in [0.717, 1.165) is 5.56 Å². The Balaban J connectivity index is 1.62. The van der Waals surface area contributed by atoms with E-state index in [4.69, 9.17) is 32.5 Å². The van der Waals surface area contributed by atoms with E-state index in [9.17, 15) is 4.79 Å². The quantitative estimate of drug-likeness (QED) is 0.792. The largest absolute Gasteiger partial charge is 0.478 e. The lowest BCUT2D eigenvalue weighted by Gasteiger charge is -2.10. The summed E-state index contributed by atoms with van der Waals surface area (Å²) in [5.74, 6) is 0.220. The molecule has 1 unspecified atom stereocenters. The van der Waals surface area contributed by atoms with E-state index < -0.39 is 12.1 Å². The summed E-state index contributed by atoms with van der Waals surface area (Å²) in [6, 6.07) is 5.18. The van der Waals surface area contributed by atoms with E-state index in [1.165, 1.54) is 0 Å². The summed E-state index contributed by atoms with van der Waals surface area (Å²) in [6.07, 6.45) is -0.319. The van der Waals surface area contributed by atoms with Gasteiger partial charge in [-0.3, -0.25) is 0 Å². The Kier molecular flexibility index (Phi) is 3.68. The average Bonchev–Trinajstić information content (AvgIpc) is 2.86. The van der Waals surface area contributed by atoms with Crippen molar-refractivity contribution in [3.63, 3.8) is 0 Å². The molecule has 1 aliphatic heterocycles. The second-order valence-electron chi connectivity index (χ2n) is 4.64. The predicted molar refractivity (Wildman–Crippen MR) is 78.0 cm³/mol. The number of hydrogen-bond acceptors (Lipinski definition) is 8. The molecule has 1 atom stereocenters. The molecule has 1 aliphatic rings. The van der Waals surface area contributed by atoms with Crippen molar-refractivity contribution >= 4 is 29.5 Å². The molecule has 9 heteroatoms. The average molecular weight is 322 g/mol. The Labute approximate surface area is 130 Å². The number of esters is 1. The highest BCUT2D eigenvalue weighted by molar-refractivity contribution is 6.30. The Bertz CT molecular complexity index is 719. The van der Waals surface area contributed by atoms with Crippen LogP contribution in [-0.2, 0) is 22.6 Å². The van der Waals surface area contributed by atoms with Gasteiger partial charge in [0.2, 0.25) is 11.9 Å². The topological polar surface area (TPSA) is 126 Å². The maximum Gasteiger partial charge on any atom is 0.348 e. The lowest BCUT2D eigenvalue weighted by Crippen LogP contribution is -2.27. The summed E-state index contributed by atoms with van der Waals surface area (Å²) in [5, 5.41) is 0.590. The molecule has 0 amide bonds. The van der Waals surface area contributed by atoms with Crippen LogP contribution in [0.3, 0.4) is 0 Å². The van der Waals surface area contributed by atoms with Crippen LogP contribution in [0, 0.1) is 0 Å². The zero-order valence-electron chi connectivity index (χ0n) is 11.3. The number of ether oxygens (including phenoxy) is 2. The van der Waals surface area contributed by atoms with Gasteiger partial charge in [0.15, 0.2) is 18.5 Å². The molecule has 1 aromatic heterocycles. The number of rotatable bonds is 3. The molecular formula is C13H12ClN5O3. The minimum atomic E-state index is -0.718. The molecule has 8 nitrogen and oxygen atoms in total. The molecule has 0 bridgehead atoms. The highest BCUT2D eigenvalue weighted by Crippen LogP contribution is 2.31. The molecule has 0 saturated carbocycles. The van der Waals surface area contributed by atoms with Crippen molar-refractivity contribution in [2.24, 2.45) is 0 Å². The molecule has 114 valence electrons. The van der Waals surface area contributed by atoms with Crippen molar-refractivity contribution in [1.29, 1.82) is 0 Å². The number of nitrogens with zero attached hydrogens (tertiary/aromatic N) is 3. The molecule has 4 N–H and O–H groups in total. The second-order valence-corrected chi connectivity index (χ2v) is 5.07. The van der Waals surface area contributed by atoms with E-state index >= 15 is 0 Å². The maximum absolute atomic E-state index is 12.0. The van der Waals surface area contributed by atoms with Gasteiger partial charge in [0.05, 0.1) is 0 Å². The maximum atomic E-state index is 12.0. The van der Waals surface area contributed by atoms with Crippen LogP contribution in [0.25, 0.3) is 0 Å². The minimum Gasteiger partial charge on any atom is -0.478 e. The van der Waals surface area contributed by atoms with Crippen LogP contribution < -0.4 is 16.2 Å². The zero-order chi connectivity index (χ0) is 15.7. The van der Waals surface area contributed by atoms with E-state index in [-0.39, 0.29) is 24.3 Å². The molecule has 2 aromatic rings. The van der Waals surface area contributed by atoms with Crippen molar-refractivity contribution in [2.45, 2.75) is 19.1 Å². The number of carbonyl (C=O) groups is 1. The first-order chi connectivity index (χ1) is 10.5. The summed E-state index contributed by atoms with van der Waals surface area (Å²) in [7, 11) is 0. The molecule has 0 fully saturated rings. The lowest BCUT2D eigenvalue weighted by molar-refractivity contribution is -0.152. The molecule has 2 heterocycles. The first kappa shape index (κ1) is 14.3. The predicted octanol–water partition coefficient (Wildman–Crippen LogP) is 0.736. The lowest BCUT2D eigenvalue weighted by atomic mass is 10.1. The number of anilines is 2. The molecule has 22 heavy (non-hydrogen) atoms. The Hall–Kier alpha value is -2.61. The third-order valence-corrected chi connectivity index (χ3v) is 3.25. The van der Waals surface area contributed by atoms with Gasteiger partial charge in [-0.05, 0) is 23.8 Å². The van der Waals surface area contributed by atoms with Crippen LogP contribution in [0.5, 0.6) is 5.75 Å². The number of fused-ring (bicyclic) bond motifs is 1. The van der Waals surface area contributed by atoms with Gasteiger partial charge in [-0.15, -0.1) is 0 Å². The van der Waals surface area contributed by atoms with Gasteiger partial charge in [-0.2, -0.15) is 15.0 Å². The molecule has 0 saturated heterocycles. The fourth-order valence-electron chi connectivity index (χ4n) is 2.10.